The van der Waals surface area contributed by atoms with E-state index in [1.54, 1.807) is 30.3 Å². The number of carbonyl (C=O) groups excluding carboxylic acids is 1. The number of ether oxygens (including phenoxy) is 1. The van der Waals surface area contributed by atoms with Gasteiger partial charge in [-0.05, 0) is 53.9 Å². The fraction of sp³-hybridized carbons (Fsp3) is 0. The predicted molar refractivity (Wildman–Crippen MR) is 106 cm³/mol. The number of esters is 1. The van der Waals surface area contributed by atoms with Gasteiger partial charge in [0.05, 0.1) is 0 Å². The van der Waals surface area contributed by atoms with E-state index in [-0.39, 0.29) is 5.76 Å². The van der Waals surface area contributed by atoms with E-state index in [0.29, 0.717) is 16.5 Å². The summed E-state index contributed by atoms with van der Waals surface area (Å²) in [7, 11) is 0. The molecular weight excluding hydrogens is 416 g/mol. The van der Waals surface area contributed by atoms with Gasteiger partial charge in [0, 0.05) is 20.4 Å². The van der Waals surface area contributed by atoms with Gasteiger partial charge in [-0.1, -0.05) is 51.8 Å². The fourth-order valence-electron chi connectivity index (χ4n) is 2.69. The van der Waals surface area contributed by atoms with E-state index < -0.39 is 5.97 Å². The van der Waals surface area contributed by atoms with Gasteiger partial charge in [0.2, 0.25) is 5.76 Å². The Kier molecular flexibility index (Phi) is 4.53. The minimum atomic E-state index is -0.544. The standard InChI is InChI=1S/C21H12BrClO3/c22-17-9-10-19(16-4-2-1-3-15(16)17)26-21(24)20-12-11-18(25-20)13-5-7-14(23)8-6-13/h1-12H. The molecule has 3 nitrogen and oxygen atoms in total. The molecule has 0 atom stereocenters. The van der Waals surface area contributed by atoms with E-state index >= 15 is 0 Å². The third kappa shape index (κ3) is 3.26. The molecule has 0 saturated heterocycles. The molecule has 1 aromatic heterocycles. The molecule has 5 heteroatoms. The van der Waals surface area contributed by atoms with Gasteiger partial charge in [0.25, 0.3) is 0 Å². The van der Waals surface area contributed by atoms with Crippen molar-refractivity contribution in [3.8, 4) is 17.1 Å². The first kappa shape index (κ1) is 16.9. The van der Waals surface area contributed by atoms with Crippen molar-refractivity contribution in [2.45, 2.75) is 0 Å². The van der Waals surface area contributed by atoms with Crippen molar-refractivity contribution in [2.75, 3.05) is 0 Å². The first-order chi connectivity index (χ1) is 12.6. The molecule has 0 bridgehead atoms. The number of hydrogen-bond acceptors (Lipinski definition) is 3. The maximum absolute atomic E-state index is 12.5. The summed E-state index contributed by atoms with van der Waals surface area (Å²) in [5.41, 5.74) is 0.836. The van der Waals surface area contributed by atoms with Crippen LogP contribution in [0.3, 0.4) is 0 Å². The van der Waals surface area contributed by atoms with Gasteiger partial charge in [0.15, 0.2) is 0 Å². The van der Waals surface area contributed by atoms with Gasteiger partial charge in [0.1, 0.15) is 11.5 Å². The predicted octanol–water partition coefficient (Wildman–Crippen LogP) is 6.73. The number of benzene rings is 3. The quantitative estimate of drug-likeness (QED) is 0.269. The summed E-state index contributed by atoms with van der Waals surface area (Å²) < 4.78 is 12.2. The first-order valence-electron chi connectivity index (χ1n) is 7.87. The molecule has 128 valence electrons. The van der Waals surface area contributed by atoms with E-state index in [0.717, 1.165) is 20.8 Å². The van der Waals surface area contributed by atoms with Crippen LogP contribution in [0.2, 0.25) is 5.02 Å². The molecule has 0 radical (unpaired) electrons. The van der Waals surface area contributed by atoms with Crippen LogP contribution in [0.5, 0.6) is 5.75 Å². The molecule has 1 heterocycles. The van der Waals surface area contributed by atoms with Crippen molar-refractivity contribution in [1.82, 2.24) is 0 Å². The molecule has 0 aliphatic carbocycles. The molecule has 0 saturated carbocycles. The maximum atomic E-state index is 12.5. The summed E-state index contributed by atoms with van der Waals surface area (Å²) in [6.07, 6.45) is 0. The van der Waals surface area contributed by atoms with Crippen molar-refractivity contribution in [1.29, 1.82) is 0 Å². The Morgan fingerprint density at radius 1 is 0.885 bits per heavy atom. The summed E-state index contributed by atoms with van der Waals surface area (Å²) >= 11 is 9.40. The molecule has 4 rings (SSSR count). The van der Waals surface area contributed by atoms with Crippen LogP contribution in [0.1, 0.15) is 10.6 Å². The van der Waals surface area contributed by atoms with Crippen LogP contribution < -0.4 is 4.74 Å². The van der Waals surface area contributed by atoms with Gasteiger partial charge in [-0.25, -0.2) is 4.79 Å². The van der Waals surface area contributed by atoms with Gasteiger partial charge >= 0.3 is 5.97 Å². The van der Waals surface area contributed by atoms with Crippen LogP contribution in [-0.4, -0.2) is 5.97 Å². The highest BCUT2D eigenvalue weighted by Gasteiger charge is 2.16. The minimum absolute atomic E-state index is 0.141. The van der Waals surface area contributed by atoms with Crippen LogP contribution in [0, 0.1) is 0 Å². The lowest BCUT2D eigenvalue weighted by Crippen LogP contribution is -2.07. The monoisotopic (exact) mass is 426 g/mol. The SMILES string of the molecule is O=C(Oc1ccc(Br)c2ccccc12)c1ccc(-c2ccc(Cl)cc2)o1. The van der Waals surface area contributed by atoms with E-state index in [1.165, 1.54) is 0 Å². The Morgan fingerprint density at radius 2 is 1.62 bits per heavy atom. The van der Waals surface area contributed by atoms with Crippen LogP contribution in [0.4, 0.5) is 0 Å². The first-order valence-corrected chi connectivity index (χ1v) is 9.04. The number of fused-ring (bicyclic) bond motifs is 1. The lowest BCUT2D eigenvalue weighted by Gasteiger charge is -2.08. The highest BCUT2D eigenvalue weighted by atomic mass is 79.9. The highest BCUT2D eigenvalue weighted by Crippen LogP contribution is 2.32. The molecule has 0 amide bonds. The molecular formula is C21H12BrClO3. The lowest BCUT2D eigenvalue weighted by atomic mass is 10.1. The lowest BCUT2D eigenvalue weighted by molar-refractivity contribution is 0.0705. The van der Waals surface area contributed by atoms with E-state index in [4.69, 9.17) is 20.8 Å². The number of rotatable bonds is 3. The molecule has 4 aromatic rings. The summed E-state index contributed by atoms with van der Waals surface area (Å²) in [4.78, 5) is 12.5. The Morgan fingerprint density at radius 3 is 2.38 bits per heavy atom. The number of halogens is 2. The summed E-state index contributed by atoms with van der Waals surface area (Å²) in [5.74, 6) is 0.659. The van der Waals surface area contributed by atoms with Crippen LogP contribution in [0.15, 0.2) is 81.7 Å². The van der Waals surface area contributed by atoms with Crippen molar-refractivity contribution >= 4 is 44.3 Å². The van der Waals surface area contributed by atoms with Gasteiger partial charge in [-0.15, -0.1) is 0 Å². The van der Waals surface area contributed by atoms with Crippen molar-refractivity contribution in [3.05, 3.63) is 88.1 Å². The number of carbonyl (C=O) groups is 1. The van der Waals surface area contributed by atoms with Gasteiger partial charge < -0.3 is 9.15 Å². The Hall–Kier alpha value is -2.56. The number of hydrogen-bond donors (Lipinski definition) is 0. The molecule has 0 aliphatic rings. The Balaban J connectivity index is 1.62. The topological polar surface area (TPSA) is 39.4 Å². The summed E-state index contributed by atoms with van der Waals surface area (Å²) in [5, 5.41) is 2.46. The normalized spacial score (nSPS) is 10.8. The molecule has 0 unspecified atom stereocenters. The maximum Gasteiger partial charge on any atom is 0.379 e. The Labute approximate surface area is 163 Å². The average Bonchev–Trinajstić information content (AvgIpc) is 3.15. The third-order valence-corrected chi connectivity index (χ3v) is 4.91. The second-order valence-corrected chi connectivity index (χ2v) is 6.94. The van der Waals surface area contributed by atoms with E-state index in [9.17, 15) is 4.79 Å². The van der Waals surface area contributed by atoms with E-state index in [1.807, 2.05) is 42.5 Å². The molecule has 0 fully saturated rings. The summed E-state index contributed by atoms with van der Waals surface area (Å²) in [6, 6.07) is 21.9. The van der Waals surface area contributed by atoms with Crippen LogP contribution in [-0.2, 0) is 0 Å². The zero-order chi connectivity index (χ0) is 18.1. The second-order valence-electron chi connectivity index (χ2n) is 5.65. The zero-order valence-corrected chi connectivity index (χ0v) is 15.8. The highest BCUT2D eigenvalue weighted by molar-refractivity contribution is 9.10. The Bertz CT molecular complexity index is 1100. The number of furan rings is 1. The smallest absolute Gasteiger partial charge is 0.379 e. The average molecular weight is 428 g/mol. The zero-order valence-electron chi connectivity index (χ0n) is 13.4. The van der Waals surface area contributed by atoms with Gasteiger partial charge in [-0.2, -0.15) is 0 Å². The third-order valence-electron chi connectivity index (χ3n) is 3.97. The minimum Gasteiger partial charge on any atom is -0.449 e. The fourth-order valence-corrected chi connectivity index (χ4v) is 3.29. The van der Waals surface area contributed by atoms with E-state index in [2.05, 4.69) is 15.9 Å². The summed E-state index contributed by atoms with van der Waals surface area (Å²) in [6.45, 7) is 0. The van der Waals surface area contributed by atoms with Crippen LogP contribution >= 0.6 is 27.5 Å². The van der Waals surface area contributed by atoms with Crippen molar-refractivity contribution in [2.24, 2.45) is 0 Å². The molecule has 3 aromatic carbocycles. The molecule has 0 N–H and O–H groups in total. The molecule has 0 spiro atoms. The second kappa shape index (κ2) is 6.98. The largest absolute Gasteiger partial charge is 0.449 e. The van der Waals surface area contributed by atoms with Crippen molar-refractivity contribution in [3.63, 3.8) is 0 Å². The molecule has 0 aliphatic heterocycles. The van der Waals surface area contributed by atoms with Gasteiger partial charge in [-0.3, -0.25) is 0 Å². The molecule has 26 heavy (non-hydrogen) atoms. The van der Waals surface area contributed by atoms with Crippen molar-refractivity contribution < 1.29 is 13.9 Å². The van der Waals surface area contributed by atoms with Crippen LogP contribution in [0.25, 0.3) is 22.1 Å².